The van der Waals surface area contributed by atoms with Gasteiger partial charge in [-0.15, -0.1) is 0 Å². The number of carbonyl (C=O) groups is 3. The smallest absolute Gasteiger partial charge is 0.290 e. The molecule has 2 amide bonds. The van der Waals surface area contributed by atoms with E-state index >= 15 is 0 Å². The van der Waals surface area contributed by atoms with Crippen LogP contribution in [0.5, 0.6) is 0 Å². The van der Waals surface area contributed by atoms with Crippen LogP contribution in [0.3, 0.4) is 0 Å². The van der Waals surface area contributed by atoms with Crippen molar-refractivity contribution in [1.29, 1.82) is 0 Å². The SMILES string of the molecule is CCNc1ccc(N2CCCC2=O)cc1C(N)=O.O=CO. The van der Waals surface area contributed by atoms with Gasteiger partial charge in [-0.1, -0.05) is 0 Å². The number of hydrogen-bond donors (Lipinski definition) is 3. The lowest BCUT2D eigenvalue weighted by molar-refractivity contribution is -0.123. The average molecular weight is 293 g/mol. The molecule has 1 fully saturated rings. The molecule has 1 aromatic carbocycles. The van der Waals surface area contributed by atoms with Gasteiger partial charge in [0.1, 0.15) is 0 Å². The number of primary amides is 1. The summed E-state index contributed by atoms with van der Waals surface area (Å²) in [7, 11) is 0. The summed E-state index contributed by atoms with van der Waals surface area (Å²) in [5.74, 6) is -0.388. The number of hydrogen-bond acceptors (Lipinski definition) is 4. The van der Waals surface area contributed by atoms with Crippen molar-refractivity contribution in [2.24, 2.45) is 5.73 Å². The maximum atomic E-state index is 11.7. The molecule has 0 saturated carbocycles. The molecule has 114 valence electrons. The quantitative estimate of drug-likeness (QED) is 0.718. The molecular formula is C14H19N3O4. The summed E-state index contributed by atoms with van der Waals surface area (Å²) in [4.78, 5) is 33.1. The Morgan fingerprint density at radius 2 is 2.19 bits per heavy atom. The van der Waals surface area contributed by atoms with Gasteiger partial charge in [0.2, 0.25) is 5.91 Å². The molecule has 0 aromatic heterocycles. The van der Waals surface area contributed by atoms with Crippen molar-refractivity contribution in [2.45, 2.75) is 19.8 Å². The van der Waals surface area contributed by atoms with E-state index in [1.807, 2.05) is 13.0 Å². The lowest BCUT2D eigenvalue weighted by Crippen LogP contribution is -2.24. The van der Waals surface area contributed by atoms with Gasteiger partial charge < -0.3 is 21.1 Å². The Bertz CT molecular complexity index is 531. The van der Waals surface area contributed by atoms with Crippen molar-refractivity contribution in [3.05, 3.63) is 23.8 Å². The normalized spacial score (nSPS) is 13.4. The molecule has 2 rings (SSSR count). The molecule has 0 radical (unpaired) electrons. The molecule has 0 spiro atoms. The fraction of sp³-hybridized carbons (Fsp3) is 0.357. The van der Waals surface area contributed by atoms with Crippen molar-refractivity contribution in [3.63, 3.8) is 0 Å². The molecular weight excluding hydrogens is 274 g/mol. The van der Waals surface area contributed by atoms with E-state index in [1.165, 1.54) is 0 Å². The van der Waals surface area contributed by atoms with Gasteiger partial charge in [0, 0.05) is 30.9 Å². The number of anilines is 2. The standard InChI is InChI=1S/C13H17N3O2.CH2O2/c1-2-15-11-6-5-9(8-10(11)13(14)18)16-7-3-4-12(16)17;2-1-3/h5-6,8,15H,2-4,7H2,1H3,(H2,14,18);1H,(H,2,3). The van der Waals surface area contributed by atoms with Crippen LogP contribution in [0.1, 0.15) is 30.1 Å². The fourth-order valence-electron chi connectivity index (χ4n) is 2.17. The molecule has 4 N–H and O–H groups in total. The molecule has 7 nitrogen and oxygen atoms in total. The second-order valence-electron chi connectivity index (χ2n) is 4.38. The van der Waals surface area contributed by atoms with E-state index in [4.69, 9.17) is 15.6 Å². The van der Waals surface area contributed by atoms with Crippen LogP contribution in [0, 0.1) is 0 Å². The van der Waals surface area contributed by atoms with Crippen LogP contribution < -0.4 is 16.0 Å². The third-order valence-corrected chi connectivity index (χ3v) is 3.02. The van der Waals surface area contributed by atoms with E-state index in [9.17, 15) is 9.59 Å². The minimum Gasteiger partial charge on any atom is -0.483 e. The molecule has 0 atom stereocenters. The lowest BCUT2D eigenvalue weighted by Gasteiger charge is -2.18. The summed E-state index contributed by atoms with van der Waals surface area (Å²) in [5, 5.41) is 9.97. The zero-order valence-corrected chi connectivity index (χ0v) is 11.8. The largest absolute Gasteiger partial charge is 0.483 e. The predicted octanol–water partition coefficient (Wildman–Crippen LogP) is 1.04. The first-order valence-corrected chi connectivity index (χ1v) is 6.61. The Morgan fingerprint density at radius 1 is 1.52 bits per heavy atom. The second-order valence-corrected chi connectivity index (χ2v) is 4.38. The van der Waals surface area contributed by atoms with Gasteiger partial charge in [0.25, 0.3) is 12.4 Å². The molecule has 1 heterocycles. The highest BCUT2D eigenvalue weighted by atomic mass is 16.3. The Labute approximate surface area is 122 Å². The number of nitrogens with zero attached hydrogens (tertiary/aromatic N) is 1. The maximum absolute atomic E-state index is 11.7. The maximum Gasteiger partial charge on any atom is 0.290 e. The summed E-state index contributed by atoms with van der Waals surface area (Å²) in [5.41, 5.74) is 7.24. The molecule has 0 aliphatic carbocycles. The van der Waals surface area contributed by atoms with Gasteiger partial charge >= 0.3 is 0 Å². The molecule has 0 unspecified atom stereocenters. The predicted molar refractivity (Wildman–Crippen MR) is 79.4 cm³/mol. The van der Waals surface area contributed by atoms with Gasteiger partial charge in [0.15, 0.2) is 0 Å². The average Bonchev–Trinajstić information content (AvgIpc) is 2.86. The highest BCUT2D eigenvalue weighted by Gasteiger charge is 2.22. The first kappa shape index (κ1) is 16.5. The summed E-state index contributed by atoms with van der Waals surface area (Å²) in [6.07, 6.45) is 1.43. The van der Waals surface area contributed by atoms with Gasteiger partial charge in [0.05, 0.1) is 5.56 Å². The zero-order chi connectivity index (χ0) is 15.8. The van der Waals surface area contributed by atoms with E-state index in [0.717, 1.165) is 12.1 Å². The summed E-state index contributed by atoms with van der Waals surface area (Å²) >= 11 is 0. The van der Waals surface area contributed by atoms with Crippen molar-refractivity contribution in [3.8, 4) is 0 Å². The Hall–Kier alpha value is -2.57. The van der Waals surface area contributed by atoms with Crippen molar-refractivity contribution in [1.82, 2.24) is 0 Å². The summed E-state index contributed by atoms with van der Waals surface area (Å²) in [6.45, 7) is 3.11. The number of carboxylic acid groups (broad SMARTS) is 1. The first-order valence-electron chi connectivity index (χ1n) is 6.61. The van der Waals surface area contributed by atoms with E-state index in [1.54, 1.807) is 17.0 Å². The fourth-order valence-corrected chi connectivity index (χ4v) is 2.17. The summed E-state index contributed by atoms with van der Waals surface area (Å²) in [6, 6.07) is 5.32. The minimum atomic E-state index is -0.487. The van der Waals surface area contributed by atoms with Crippen LogP contribution in [0.25, 0.3) is 0 Å². The number of rotatable bonds is 4. The number of nitrogens with one attached hydrogen (secondary N) is 1. The third-order valence-electron chi connectivity index (χ3n) is 3.02. The number of nitrogens with two attached hydrogens (primary N) is 1. The molecule has 1 aliphatic rings. The monoisotopic (exact) mass is 293 g/mol. The van der Waals surface area contributed by atoms with E-state index in [0.29, 0.717) is 30.8 Å². The Balaban J connectivity index is 0.000000677. The topological polar surface area (TPSA) is 113 Å². The molecule has 7 heteroatoms. The molecule has 0 bridgehead atoms. The minimum absolute atomic E-state index is 0.0987. The number of carbonyl (C=O) groups excluding carboxylic acids is 2. The van der Waals surface area contributed by atoms with Crippen LogP contribution in [0.4, 0.5) is 11.4 Å². The number of amides is 2. The van der Waals surface area contributed by atoms with Crippen LogP contribution >= 0.6 is 0 Å². The Morgan fingerprint density at radius 3 is 2.67 bits per heavy atom. The molecule has 1 aliphatic heterocycles. The van der Waals surface area contributed by atoms with Gasteiger partial charge in [-0.2, -0.15) is 0 Å². The van der Waals surface area contributed by atoms with Crippen LogP contribution in [-0.4, -0.2) is 36.5 Å². The molecule has 21 heavy (non-hydrogen) atoms. The molecule has 1 saturated heterocycles. The van der Waals surface area contributed by atoms with E-state index in [-0.39, 0.29) is 12.4 Å². The van der Waals surface area contributed by atoms with Crippen molar-refractivity contribution < 1.29 is 19.5 Å². The van der Waals surface area contributed by atoms with Gasteiger partial charge in [-0.3, -0.25) is 14.4 Å². The van der Waals surface area contributed by atoms with Crippen LogP contribution in [0.15, 0.2) is 18.2 Å². The highest BCUT2D eigenvalue weighted by Crippen LogP contribution is 2.26. The zero-order valence-electron chi connectivity index (χ0n) is 11.8. The Kier molecular flexibility index (Phi) is 6.19. The number of benzene rings is 1. The summed E-state index contributed by atoms with van der Waals surface area (Å²) < 4.78 is 0. The highest BCUT2D eigenvalue weighted by molar-refractivity contribution is 6.02. The van der Waals surface area contributed by atoms with Crippen molar-refractivity contribution >= 4 is 29.7 Å². The first-order chi connectivity index (χ1) is 10.0. The van der Waals surface area contributed by atoms with Gasteiger partial charge in [-0.25, -0.2) is 0 Å². The third kappa shape index (κ3) is 4.20. The molecule has 1 aromatic rings. The van der Waals surface area contributed by atoms with Crippen LogP contribution in [-0.2, 0) is 9.59 Å². The second kappa shape index (κ2) is 7.88. The van der Waals surface area contributed by atoms with Crippen molar-refractivity contribution in [2.75, 3.05) is 23.3 Å². The van der Waals surface area contributed by atoms with E-state index < -0.39 is 5.91 Å². The lowest BCUT2D eigenvalue weighted by atomic mass is 10.1. The van der Waals surface area contributed by atoms with Gasteiger partial charge in [-0.05, 0) is 31.5 Å². The van der Waals surface area contributed by atoms with Crippen LogP contribution in [0.2, 0.25) is 0 Å². The van der Waals surface area contributed by atoms with E-state index in [2.05, 4.69) is 5.32 Å².